The van der Waals surface area contributed by atoms with Crippen LogP contribution in [0.3, 0.4) is 0 Å². The van der Waals surface area contributed by atoms with Gasteiger partial charge in [0.05, 0.1) is 0 Å². The summed E-state index contributed by atoms with van der Waals surface area (Å²) in [7, 11) is 0. The van der Waals surface area contributed by atoms with Crippen molar-refractivity contribution in [3.05, 3.63) is 137 Å². The summed E-state index contributed by atoms with van der Waals surface area (Å²) in [5, 5.41) is 0. The lowest BCUT2D eigenvalue weighted by Crippen LogP contribution is -2.74. The van der Waals surface area contributed by atoms with Gasteiger partial charge in [-0.2, -0.15) is 0 Å². The normalized spacial score (nSPS) is 31.4. The van der Waals surface area contributed by atoms with Crippen molar-refractivity contribution in [1.82, 2.24) is 0 Å². The van der Waals surface area contributed by atoms with E-state index in [-0.39, 0.29) is 27.1 Å². The van der Waals surface area contributed by atoms with E-state index < -0.39 is 0 Å². The molecule has 5 aromatic rings. The summed E-state index contributed by atoms with van der Waals surface area (Å²) in [6.45, 7) is 19.7. The topological polar surface area (TPSA) is 12.5 Å². The number of hydrogen-bond acceptors (Lipinski definition) is 2. The van der Waals surface area contributed by atoms with Crippen LogP contribution in [-0.2, 0) is 27.1 Å². The highest BCUT2D eigenvalue weighted by molar-refractivity contribution is 5.83. The molecule has 6 unspecified atom stereocenters. The minimum Gasteiger partial charge on any atom is -0.457 e. The largest absolute Gasteiger partial charge is 0.457 e. The maximum absolute atomic E-state index is 7.14. The summed E-state index contributed by atoms with van der Waals surface area (Å²) in [6.07, 6.45) is 10.5. The number of hydrogen-bond donors (Lipinski definition) is 0. The van der Waals surface area contributed by atoms with Gasteiger partial charge in [0.25, 0.3) is 0 Å². The Bertz CT molecular complexity index is 2480. The van der Waals surface area contributed by atoms with Crippen molar-refractivity contribution >= 4 is 17.1 Å². The highest BCUT2D eigenvalue weighted by Crippen LogP contribution is 2.89. The van der Waals surface area contributed by atoms with E-state index in [2.05, 4.69) is 163 Å². The Kier molecular flexibility index (Phi) is 6.93. The Morgan fingerprint density at radius 1 is 0.500 bits per heavy atom. The van der Waals surface area contributed by atoms with Gasteiger partial charge in [-0.1, -0.05) is 110 Å². The Labute approximate surface area is 347 Å². The first-order valence-corrected chi connectivity index (χ1v) is 22.8. The second-order valence-electron chi connectivity index (χ2n) is 22.7. The predicted molar refractivity (Wildman–Crippen MR) is 239 cm³/mol. The second kappa shape index (κ2) is 11.3. The van der Waals surface area contributed by atoms with Crippen LogP contribution in [0.5, 0.6) is 11.5 Å². The van der Waals surface area contributed by atoms with E-state index in [1.54, 1.807) is 0 Å². The molecule has 5 aromatic carbocycles. The Balaban J connectivity index is 1.10. The quantitative estimate of drug-likeness (QED) is 0.181. The van der Waals surface area contributed by atoms with Crippen LogP contribution in [0.1, 0.15) is 140 Å². The molecule has 2 bridgehead atoms. The molecule has 58 heavy (non-hydrogen) atoms. The number of nitrogens with zero attached hydrogens (tertiary/aromatic N) is 1. The van der Waals surface area contributed by atoms with Gasteiger partial charge in [0.1, 0.15) is 11.5 Å². The van der Waals surface area contributed by atoms with Gasteiger partial charge in [0, 0.05) is 33.6 Å². The molecule has 296 valence electrons. The molecular formula is C56H61NO. The van der Waals surface area contributed by atoms with Crippen molar-refractivity contribution in [1.29, 1.82) is 0 Å². The molecule has 6 atom stereocenters. The molecule has 0 saturated heterocycles. The van der Waals surface area contributed by atoms with Crippen LogP contribution in [0.15, 0.2) is 103 Å². The van der Waals surface area contributed by atoms with Crippen LogP contribution in [0, 0.1) is 29.1 Å². The number of benzene rings is 5. The smallest absolute Gasteiger partial charge is 0.132 e. The number of anilines is 3. The predicted octanol–water partition coefficient (Wildman–Crippen LogP) is 15.0. The lowest BCUT2D eigenvalue weighted by Gasteiger charge is -2.77. The van der Waals surface area contributed by atoms with Crippen LogP contribution in [0.25, 0.3) is 11.1 Å². The molecule has 1 aliphatic heterocycles. The lowest BCUT2D eigenvalue weighted by atomic mass is 9.26. The molecular weight excluding hydrogens is 703 g/mol. The molecule has 4 saturated carbocycles. The van der Waals surface area contributed by atoms with Crippen LogP contribution >= 0.6 is 0 Å². The molecule has 1 heterocycles. The third-order valence-corrected chi connectivity index (χ3v) is 18.1. The van der Waals surface area contributed by atoms with Crippen molar-refractivity contribution in [3.63, 3.8) is 0 Å². The summed E-state index contributed by atoms with van der Waals surface area (Å²) in [6, 6.07) is 40.4. The highest BCUT2D eigenvalue weighted by atomic mass is 16.5. The molecule has 0 radical (unpaired) electrons. The number of ether oxygens (including phenoxy) is 1. The van der Waals surface area contributed by atoms with Crippen molar-refractivity contribution in [2.75, 3.05) is 4.90 Å². The average molecular weight is 764 g/mol. The van der Waals surface area contributed by atoms with Gasteiger partial charge < -0.3 is 9.64 Å². The standard InChI is InChI=1S/C56H61NO/c1-51(2)23-25-53(5,6)43-30-37(17-20-41(43)51)57(38-18-21-42-44(31-38)54(7,8)26-24-52(42,3)4)39-19-22-46-45(32-39)56(48-28-34-27-36-29-49(56)55(36,48)33-34)50-40(15-12-16-47(50)58-46)35-13-10-9-11-14-35/h9-22,30-32,34,36,48-49H,23-29,33H2,1-8H3. The summed E-state index contributed by atoms with van der Waals surface area (Å²) < 4.78 is 7.14. The van der Waals surface area contributed by atoms with Gasteiger partial charge >= 0.3 is 0 Å². The monoisotopic (exact) mass is 763 g/mol. The van der Waals surface area contributed by atoms with Crippen molar-refractivity contribution < 1.29 is 4.74 Å². The maximum Gasteiger partial charge on any atom is 0.132 e. The maximum atomic E-state index is 7.14. The fourth-order valence-corrected chi connectivity index (χ4v) is 15.1. The molecule has 2 spiro atoms. The zero-order valence-electron chi connectivity index (χ0n) is 36.1. The van der Waals surface area contributed by atoms with Gasteiger partial charge in [-0.05, 0) is 184 Å². The molecule has 4 fully saturated rings. The van der Waals surface area contributed by atoms with E-state index in [4.69, 9.17) is 4.74 Å². The van der Waals surface area contributed by atoms with Gasteiger partial charge in [-0.25, -0.2) is 0 Å². The molecule has 0 amide bonds. The van der Waals surface area contributed by atoms with Gasteiger partial charge in [-0.3, -0.25) is 0 Å². The minimum atomic E-state index is -0.0492. The number of rotatable bonds is 4. The molecule has 0 N–H and O–H groups in total. The first kappa shape index (κ1) is 35.6. The van der Waals surface area contributed by atoms with Crippen LogP contribution in [-0.4, -0.2) is 0 Å². The van der Waals surface area contributed by atoms with Crippen LogP contribution in [0.4, 0.5) is 17.1 Å². The van der Waals surface area contributed by atoms with Gasteiger partial charge in [0.2, 0.25) is 0 Å². The third-order valence-electron chi connectivity index (χ3n) is 18.1. The lowest BCUT2D eigenvalue weighted by molar-refractivity contribution is -0.234. The van der Waals surface area contributed by atoms with Crippen molar-refractivity contribution in [3.8, 4) is 22.6 Å². The molecule has 12 rings (SSSR count). The second-order valence-corrected chi connectivity index (χ2v) is 22.7. The van der Waals surface area contributed by atoms with E-state index in [0.717, 1.165) is 23.3 Å². The molecule has 0 aromatic heterocycles. The summed E-state index contributed by atoms with van der Waals surface area (Å²) >= 11 is 0. The zero-order chi connectivity index (χ0) is 39.8. The highest BCUT2D eigenvalue weighted by Gasteiger charge is 2.84. The summed E-state index contributed by atoms with van der Waals surface area (Å²) in [5.41, 5.74) is 16.4. The van der Waals surface area contributed by atoms with Crippen molar-refractivity contribution in [2.45, 2.75) is 134 Å². The van der Waals surface area contributed by atoms with Gasteiger partial charge in [0.15, 0.2) is 0 Å². The fraction of sp³-hybridized carbons (Fsp3) is 0.464. The third kappa shape index (κ3) is 4.40. The number of fused-ring (bicyclic) bond motifs is 9. The zero-order valence-corrected chi connectivity index (χ0v) is 36.1. The van der Waals surface area contributed by atoms with E-state index in [9.17, 15) is 0 Å². The molecule has 2 nitrogen and oxygen atoms in total. The van der Waals surface area contributed by atoms with E-state index >= 15 is 0 Å². The first-order chi connectivity index (χ1) is 27.6. The van der Waals surface area contributed by atoms with Crippen LogP contribution in [0.2, 0.25) is 0 Å². The fourth-order valence-electron chi connectivity index (χ4n) is 15.1. The Hall–Kier alpha value is -4.30. The summed E-state index contributed by atoms with van der Waals surface area (Å²) in [5.74, 6) is 5.27. The Morgan fingerprint density at radius 2 is 1.05 bits per heavy atom. The average Bonchev–Trinajstić information content (AvgIpc) is 3.74. The van der Waals surface area contributed by atoms with E-state index in [0.29, 0.717) is 17.3 Å². The first-order valence-electron chi connectivity index (χ1n) is 22.8. The molecule has 6 aliphatic carbocycles. The molecule has 2 heteroatoms. The molecule has 7 aliphatic rings. The van der Waals surface area contributed by atoms with E-state index in [1.807, 2.05) is 0 Å². The summed E-state index contributed by atoms with van der Waals surface area (Å²) in [4.78, 5) is 2.63. The van der Waals surface area contributed by atoms with Crippen molar-refractivity contribution in [2.24, 2.45) is 29.1 Å². The van der Waals surface area contributed by atoms with Crippen LogP contribution < -0.4 is 9.64 Å². The van der Waals surface area contributed by atoms with Gasteiger partial charge in [-0.15, -0.1) is 0 Å². The van der Waals surface area contributed by atoms with E-state index in [1.165, 1.54) is 113 Å². The minimum absolute atomic E-state index is 0.0492. The SMILES string of the molecule is CC1(C)CCC(C)(C)c2cc(N(c3ccc4c(c3)C(C)(C)CCC4(C)C)c3ccc4c(c3)C3(c5c(cccc5-c5ccccc5)O4)C4CC5CC6CC3C64C5)ccc21. The Morgan fingerprint density at radius 3 is 1.66 bits per heavy atom.